The summed E-state index contributed by atoms with van der Waals surface area (Å²) in [4.78, 5) is 20.9. The van der Waals surface area contributed by atoms with Gasteiger partial charge in [-0.15, -0.1) is 0 Å². The Morgan fingerprint density at radius 3 is 3.05 bits per heavy atom. The number of hydrogen-bond acceptors (Lipinski definition) is 4. The van der Waals surface area contributed by atoms with E-state index in [9.17, 15) is 4.79 Å². The van der Waals surface area contributed by atoms with Crippen LogP contribution >= 0.6 is 0 Å². The zero-order chi connectivity index (χ0) is 14.5. The molecule has 2 heterocycles. The minimum Gasteiger partial charge on any atom is -0.385 e. The molecule has 1 fully saturated rings. The molecule has 20 heavy (non-hydrogen) atoms. The summed E-state index contributed by atoms with van der Waals surface area (Å²) in [6, 6.07) is 2.32. The topological polar surface area (TPSA) is 48.5 Å². The summed E-state index contributed by atoms with van der Waals surface area (Å²) in [5.41, 5.74) is 1.55. The highest BCUT2D eigenvalue weighted by atomic mass is 16.2. The van der Waals surface area contributed by atoms with E-state index in [2.05, 4.69) is 29.3 Å². The Hall–Kier alpha value is -1.62. The van der Waals surface area contributed by atoms with Crippen molar-refractivity contribution >= 4 is 11.6 Å². The number of amides is 1. The highest BCUT2D eigenvalue weighted by Crippen LogP contribution is 2.20. The average molecular weight is 276 g/mol. The molecule has 1 atom stereocenters. The number of likely N-dealkylation sites (N-methyl/N-ethyl adjacent to an activating group) is 1. The van der Waals surface area contributed by atoms with E-state index in [4.69, 9.17) is 0 Å². The Kier molecular flexibility index (Phi) is 4.95. The van der Waals surface area contributed by atoms with E-state index in [0.717, 1.165) is 38.2 Å². The zero-order valence-electron chi connectivity index (χ0n) is 12.6. The van der Waals surface area contributed by atoms with Gasteiger partial charge in [-0.1, -0.05) is 0 Å². The zero-order valence-corrected chi connectivity index (χ0v) is 12.6. The van der Waals surface area contributed by atoms with Crippen molar-refractivity contribution in [3.63, 3.8) is 0 Å². The second-order valence-electron chi connectivity index (χ2n) is 5.46. The van der Waals surface area contributed by atoms with Crippen LogP contribution in [0.2, 0.25) is 0 Å². The molecule has 1 saturated heterocycles. The Morgan fingerprint density at radius 1 is 1.55 bits per heavy atom. The first-order chi connectivity index (χ1) is 9.63. The summed E-state index contributed by atoms with van der Waals surface area (Å²) < 4.78 is 0. The van der Waals surface area contributed by atoms with Crippen molar-refractivity contribution < 1.29 is 4.79 Å². The van der Waals surface area contributed by atoms with Gasteiger partial charge >= 0.3 is 0 Å². The molecule has 5 heteroatoms. The molecule has 1 aromatic heterocycles. The van der Waals surface area contributed by atoms with E-state index in [1.54, 1.807) is 12.4 Å². The van der Waals surface area contributed by atoms with Gasteiger partial charge in [0.1, 0.15) is 0 Å². The van der Waals surface area contributed by atoms with Crippen molar-refractivity contribution in [2.45, 2.75) is 25.8 Å². The SMILES string of the molecule is CCNc1ccncc1C(=O)N1CCCC(N(C)C)C1. The average Bonchev–Trinajstić information content (AvgIpc) is 2.47. The summed E-state index contributed by atoms with van der Waals surface area (Å²) in [6.07, 6.45) is 5.60. The summed E-state index contributed by atoms with van der Waals surface area (Å²) in [6.45, 7) is 4.46. The lowest BCUT2D eigenvalue weighted by atomic mass is 10.0. The summed E-state index contributed by atoms with van der Waals surface area (Å²) in [7, 11) is 4.15. The van der Waals surface area contributed by atoms with Crippen molar-refractivity contribution in [2.75, 3.05) is 39.0 Å². The molecule has 0 aromatic carbocycles. The van der Waals surface area contributed by atoms with Crippen LogP contribution in [0, 0.1) is 0 Å². The Balaban J connectivity index is 2.14. The maximum Gasteiger partial charge on any atom is 0.257 e. The van der Waals surface area contributed by atoms with Crippen molar-refractivity contribution in [1.29, 1.82) is 0 Å². The number of carbonyl (C=O) groups is 1. The molecule has 110 valence electrons. The largest absolute Gasteiger partial charge is 0.385 e. The van der Waals surface area contributed by atoms with Gasteiger partial charge in [0.2, 0.25) is 0 Å². The minimum atomic E-state index is 0.0839. The number of anilines is 1. The second kappa shape index (κ2) is 6.70. The summed E-state index contributed by atoms with van der Waals surface area (Å²) >= 11 is 0. The maximum atomic E-state index is 12.7. The maximum absolute atomic E-state index is 12.7. The van der Waals surface area contributed by atoms with Gasteiger partial charge in [0.05, 0.1) is 11.3 Å². The third-order valence-corrected chi connectivity index (χ3v) is 3.83. The summed E-state index contributed by atoms with van der Waals surface area (Å²) in [5.74, 6) is 0.0839. The highest BCUT2D eigenvalue weighted by molar-refractivity contribution is 5.99. The number of pyridine rings is 1. The van der Waals surface area contributed by atoms with Crippen molar-refractivity contribution in [3.05, 3.63) is 24.0 Å². The Bertz CT molecular complexity index is 461. The fourth-order valence-electron chi connectivity index (χ4n) is 2.64. The Labute approximate surface area is 121 Å². The van der Waals surface area contributed by atoms with Gasteiger partial charge in [-0.3, -0.25) is 9.78 Å². The normalized spacial score (nSPS) is 19.2. The quantitative estimate of drug-likeness (QED) is 0.909. The number of rotatable bonds is 4. The van der Waals surface area contributed by atoms with Crippen LogP contribution in [0.5, 0.6) is 0 Å². The fourth-order valence-corrected chi connectivity index (χ4v) is 2.64. The Morgan fingerprint density at radius 2 is 2.35 bits per heavy atom. The molecule has 5 nitrogen and oxygen atoms in total. The van der Waals surface area contributed by atoms with Gasteiger partial charge in [-0.05, 0) is 39.9 Å². The monoisotopic (exact) mass is 276 g/mol. The first kappa shape index (κ1) is 14.8. The molecule has 1 aliphatic rings. The van der Waals surface area contributed by atoms with Crippen molar-refractivity contribution in [3.8, 4) is 0 Å². The lowest BCUT2D eigenvalue weighted by molar-refractivity contribution is 0.0635. The predicted molar refractivity (Wildman–Crippen MR) is 81.0 cm³/mol. The van der Waals surface area contributed by atoms with Crippen LogP contribution < -0.4 is 5.32 Å². The molecule has 1 N–H and O–H groups in total. The predicted octanol–water partition coefficient (Wildman–Crippen LogP) is 1.68. The van der Waals surface area contributed by atoms with Crippen LogP contribution in [0.25, 0.3) is 0 Å². The second-order valence-corrected chi connectivity index (χ2v) is 5.46. The molecular weight excluding hydrogens is 252 g/mol. The van der Waals surface area contributed by atoms with Crippen molar-refractivity contribution in [1.82, 2.24) is 14.8 Å². The van der Waals surface area contributed by atoms with Crippen LogP contribution in [0.3, 0.4) is 0 Å². The number of hydrogen-bond donors (Lipinski definition) is 1. The molecule has 2 rings (SSSR count). The fraction of sp³-hybridized carbons (Fsp3) is 0.600. The van der Waals surface area contributed by atoms with Gasteiger partial charge < -0.3 is 15.1 Å². The van der Waals surface area contributed by atoms with E-state index in [0.29, 0.717) is 11.6 Å². The summed E-state index contributed by atoms with van der Waals surface area (Å²) in [5, 5.41) is 3.23. The minimum absolute atomic E-state index is 0.0839. The first-order valence-electron chi connectivity index (χ1n) is 7.27. The molecule has 1 aromatic rings. The molecular formula is C15H24N4O. The third-order valence-electron chi connectivity index (χ3n) is 3.83. The standard InChI is InChI=1S/C15H24N4O/c1-4-17-14-7-8-16-10-13(14)15(20)19-9-5-6-12(11-19)18(2)3/h7-8,10,12H,4-6,9,11H2,1-3H3,(H,16,17). The number of likely N-dealkylation sites (tertiary alicyclic amines) is 1. The number of nitrogens with one attached hydrogen (secondary N) is 1. The number of carbonyl (C=O) groups excluding carboxylic acids is 1. The molecule has 1 unspecified atom stereocenters. The third kappa shape index (κ3) is 3.28. The van der Waals surface area contributed by atoms with Crippen LogP contribution in [0.1, 0.15) is 30.1 Å². The van der Waals surface area contributed by atoms with Crippen molar-refractivity contribution in [2.24, 2.45) is 0 Å². The molecule has 1 aliphatic heterocycles. The van der Waals surface area contributed by atoms with Gasteiger partial charge in [0, 0.05) is 38.1 Å². The molecule has 0 spiro atoms. The molecule has 0 bridgehead atoms. The highest BCUT2D eigenvalue weighted by Gasteiger charge is 2.26. The van der Waals surface area contributed by atoms with Gasteiger partial charge in [0.15, 0.2) is 0 Å². The van der Waals surface area contributed by atoms with Gasteiger partial charge in [-0.25, -0.2) is 0 Å². The van der Waals surface area contributed by atoms with Crippen LogP contribution in [0.4, 0.5) is 5.69 Å². The van der Waals surface area contributed by atoms with E-state index in [1.165, 1.54) is 0 Å². The van der Waals surface area contributed by atoms with E-state index >= 15 is 0 Å². The number of piperidine rings is 1. The molecule has 0 aliphatic carbocycles. The van der Waals surface area contributed by atoms with E-state index in [1.807, 2.05) is 17.9 Å². The number of aromatic nitrogens is 1. The molecule has 1 amide bonds. The van der Waals surface area contributed by atoms with Crippen LogP contribution in [-0.2, 0) is 0 Å². The lowest BCUT2D eigenvalue weighted by Crippen LogP contribution is -2.47. The first-order valence-corrected chi connectivity index (χ1v) is 7.27. The van der Waals surface area contributed by atoms with Gasteiger partial charge in [-0.2, -0.15) is 0 Å². The van der Waals surface area contributed by atoms with E-state index in [-0.39, 0.29) is 5.91 Å². The molecule has 0 radical (unpaired) electrons. The lowest BCUT2D eigenvalue weighted by Gasteiger charge is -2.36. The smallest absolute Gasteiger partial charge is 0.257 e. The van der Waals surface area contributed by atoms with Crippen LogP contribution in [0.15, 0.2) is 18.5 Å². The number of nitrogens with zero attached hydrogens (tertiary/aromatic N) is 3. The van der Waals surface area contributed by atoms with Gasteiger partial charge in [0.25, 0.3) is 5.91 Å². The van der Waals surface area contributed by atoms with Crippen LogP contribution in [-0.4, -0.2) is 60.5 Å². The molecule has 0 saturated carbocycles. The van der Waals surface area contributed by atoms with E-state index < -0.39 is 0 Å².